The van der Waals surface area contributed by atoms with Crippen molar-refractivity contribution >= 4 is 23.4 Å². The smallest absolute Gasteiger partial charge is 0.224 e. The van der Waals surface area contributed by atoms with Gasteiger partial charge in [0.1, 0.15) is 5.02 Å². The molecule has 1 heterocycles. The van der Waals surface area contributed by atoms with E-state index >= 15 is 0 Å². The highest BCUT2D eigenvalue weighted by Crippen LogP contribution is 2.39. The molecule has 0 aliphatic heterocycles. The van der Waals surface area contributed by atoms with Gasteiger partial charge in [-0.2, -0.15) is 4.98 Å². The molecule has 2 aliphatic carbocycles. The van der Waals surface area contributed by atoms with Crippen LogP contribution in [0.1, 0.15) is 25.7 Å². The first kappa shape index (κ1) is 11.1. The molecule has 0 saturated heterocycles. The highest BCUT2D eigenvalue weighted by Gasteiger charge is 2.35. The average Bonchev–Trinajstić information content (AvgIpc) is 3.19. The molecular formula is C12H17ClN4. The van der Waals surface area contributed by atoms with Crippen LogP contribution < -0.4 is 10.2 Å². The maximum absolute atomic E-state index is 6.23. The Balaban J connectivity index is 1.87. The van der Waals surface area contributed by atoms with Crippen LogP contribution in [0.25, 0.3) is 0 Å². The molecular weight excluding hydrogens is 236 g/mol. The van der Waals surface area contributed by atoms with Crippen LogP contribution in [-0.4, -0.2) is 29.6 Å². The van der Waals surface area contributed by atoms with Crippen LogP contribution >= 0.6 is 11.6 Å². The normalized spacial score (nSPS) is 19.2. The van der Waals surface area contributed by atoms with E-state index in [0.717, 1.165) is 18.3 Å². The fraction of sp³-hybridized carbons (Fsp3) is 0.667. The third kappa shape index (κ3) is 2.46. The fourth-order valence-corrected chi connectivity index (χ4v) is 2.25. The summed E-state index contributed by atoms with van der Waals surface area (Å²) in [7, 11) is 1.83. The van der Waals surface area contributed by atoms with Crippen molar-refractivity contribution in [2.24, 2.45) is 5.92 Å². The van der Waals surface area contributed by atoms with Crippen molar-refractivity contribution in [3.05, 3.63) is 11.2 Å². The van der Waals surface area contributed by atoms with Gasteiger partial charge in [-0.15, -0.1) is 0 Å². The standard InChI is InChI=1S/C12H17ClN4/c1-14-12-15-6-10(13)11(16-12)17(9-4-5-9)7-8-2-3-8/h6,8-9H,2-5,7H2,1H3,(H,14,15,16). The number of hydrogen-bond donors (Lipinski definition) is 1. The van der Waals surface area contributed by atoms with Crippen LogP contribution in [0.3, 0.4) is 0 Å². The van der Waals surface area contributed by atoms with E-state index in [4.69, 9.17) is 11.6 Å². The molecule has 0 aromatic carbocycles. The molecule has 0 unspecified atom stereocenters. The molecule has 1 N–H and O–H groups in total. The molecule has 0 amide bonds. The van der Waals surface area contributed by atoms with Gasteiger partial charge >= 0.3 is 0 Å². The molecule has 1 aromatic rings. The molecule has 0 bridgehead atoms. The van der Waals surface area contributed by atoms with Gasteiger partial charge in [-0.1, -0.05) is 11.6 Å². The lowest BCUT2D eigenvalue weighted by molar-refractivity contribution is 0.708. The van der Waals surface area contributed by atoms with Gasteiger partial charge in [0.25, 0.3) is 0 Å². The Morgan fingerprint density at radius 3 is 2.76 bits per heavy atom. The van der Waals surface area contributed by atoms with Crippen molar-refractivity contribution < 1.29 is 0 Å². The summed E-state index contributed by atoms with van der Waals surface area (Å²) in [6.45, 7) is 1.10. The topological polar surface area (TPSA) is 41.1 Å². The van der Waals surface area contributed by atoms with E-state index in [1.807, 2.05) is 7.05 Å². The first-order valence-electron chi connectivity index (χ1n) is 6.25. The minimum atomic E-state index is 0.644. The quantitative estimate of drug-likeness (QED) is 0.875. The number of halogens is 1. The Morgan fingerprint density at radius 2 is 2.18 bits per heavy atom. The van der Waals surface area contributed by atoms with Crippen LogP contribution in [0.15, 0.2) is 6.20 Å². The second-order valence-electron chi connectivity index (χ2n) is 4.94. The Labute approximate surface area is 106 Å². The van der Waals surface area contributed by atoms with Crippen molar-refractivity contribution in [3.63, 3.8) is 0 Å². The lowest BCUT2D eigenvalue weighted by Gasteiger charge is -2.24. The number of nitrogens with one attached hydrogen (secondary N) is 1. The number of anilines is 2. The summed E-state index contributed by atoms with van der Waals surface area (Å²) in [5.74, 6) is 2.39. The van der Waals surface area contributed by atoms with Crippen molar-refractivity contribution in [2.45, 2.75) is 31.7 Å². The number of hydrogen-bond acceptors (Lipinski definition) is 4. The molecule has 2 fully saturated rings. The molecule has 3 rings (SSSR count). The van der Waals surface area contributed by atoms with Gasteiger partial charge in [-0.3, -0.25) is 0 Å². The zero-order valence-electron chi connectivity index (χ0n) is 9.99. The van der Waals surface area contributed by atoms with Gasteiger partial charge in [-0.25, -0.2) is 4.98 Å². The molecule has 92 valence electrons. The Bertz CT molecular complexity index is 415. The Hall–Kier alpha value is -1.03. The second-order valence-corrected chi connectivity index (χ2v) is 5.35. The van der Waals surface area contributed by atoms with Crippen LogP contribution in [0.4, 0.5) is 11.8 Å². The van der Waals surface area contributed by atoms with Gasteiger partial charge < -0.3 is 10.2 Å². The molecule has 5 heteroatoms. The zero-order chi connectivity index (χ0) is 11.8. The van der Waals surface area contributed by atoms with E-state index in [9.17, 15) is 0 Å². The van der Waals surface area contributed by atoms with Crippen LogP contribution in [0.2, 0.25) is 5.02 Å². The monoisotopic (exact) mass is 252 g/mol. The molecule has 17 heavy (non-hydrogen) atoms. The fourth-order valence-electron chi connectivity index (χ4n) is 2.05. The minimum Gasteiger partial charge on any atom is -0.357 e. The lowest BCUT2D eigenvalue weighted by Crippen LogP contribution is -2.29. The highest BCUT2D eigenvalue weighted by molar-refractivity contribution is 6.32. The number of aromatic nitrogens is 2. The van der Waals surface area contributed by atoms with Gasteiger partial charge in [0, 0.05) is 19.6 Å². The van der Waals surface area contributed by atoms with Crippen molar-refractivity contribution in [1.29, 1.82) is 0 Å². The van der Waals surface area contributed by atoms with Gasteiger partial charge in [0.05, 0.1) is 6.20 Å². The van der Waals surface area contributed by atoms with Crippen LogP contribution in [-0.2, 0) is 0 Å². The van der Waals surface area contributed by atoms with E-state index in [0.29, 0.717) is 17.0 Å². The summed E-state index contributed by atoms with van der Waals surface area (Å²) in [6.07, 6.45) is 6.93. The molecule has 0 spiro atoms. The van der Waals surface area contributed by atoms with Gasteiger partial charge in [0.15, 0.2) is 5.82 Å². The summed E-state index contributed by atoms with van der Waals surface area (Å²) >= 11 is 6.23. The van der Waals surface area contributed by atoms with Crippen molar-refractivity contribution in [2.75, 3.05) is 23.8 Å². The average molecular weight is 253 g/mol. The first-order chi connectivity index (χ1) is 8.28. The third-order valence-electron chi connectivity index (χ3n) is 3.36. The summed E-state index contributed by atoms with van der Waals surface area (Å²) in [5.41, 5.74) is 0. The Kier molecular flexibility index (Phi) is 2.82. The molecule has 1 aromatic heterocycles. The highest BCUT2D eigenvalue weighted by atomic mass is 35.5. The summed E-state index contributed by atoms with van der Waals surface area (Å²) in [6, 6.07) is 0.646. The van der Waals surface area contributed by atoms with E-state index in [1.165, 1.54) is 25.7 Å². The lowest BCUT2D eigenvalue weighted by atomic mass is 10.3. The van der Waals surface area contributed by atoms with E-state index < -0.39 is 0 Å². The van der Waals surface area contributed by atoms with Crippen LogP contribution in [0, 0.1) is 5.92 Å². The second kappa shape index (κ2) is 4.33. The maximum atomic E-state index is 6.23. The van der Waals surface area contributed by atoms with E-state index in [-0.39, 0.29) is 0 Å². The molecule has 2 aliphatic rings. The zero-order valence-corrected chi connectivity index (χ0v) is 10.7. The van der Waals surface area contributed by atoms with Gasteiger partial charge in [-0.05, 0) is 31.6 Å². The number of rotatable bonds is 5. The summed E-state index contributed by atoms with van der Waals surface area (Å²) in [4.78, 5) is 11.0. The SMILES string of the molecule is CNc1ncc(Cl)c(N(CC2CC2)C2CC2)n1. The molecule has 2 saturated carbocycles. The van der Waals surface area contributed by atoms with Crippen molar-refractivity contribution in [3.8, 4) is 0 Å². The predicted octanol–water partition coefficient (Wildman–Crippen LogP) is 2.55. The van der Waals surface area contributed by atoms with Gasteiger partial charge in [0.2, 0.25) is 5.95 Å². The molecule has 0 radical (unpaired) electrons. The maximum Gasteiger partial charge on any atom is 0.224 e. The predicted molar refractivity (Wildman–Crippen MR) is 69.7 cm³/mol. The summed E-state index contributed by atoms with van der Waals surface area (Å²) < 4.78 is 0. The van der Waals surface area contributed by atoms with Crippen LogP contribution in [0.5, 0.6) is 0 Å². The minimum absolute atomic E-state index is 0.644. The number of nitrogens with zero attached hydrogens (tertiary/aromatic N) is 3. The van der Waals surface area contributed by atoms with E-state index in [1.54, 1.807) is 6.20 Å². The first-order valence-corrected chi connectivity index (χ1v) is 6.62. The van der Waals surface area contributed by atoms with Crippen molar-refractivity contribution in [1.82, 2.24) is 9.97 Å². The largest absolute Gasteiger partial charge is 0.357 e. The summed E-state index contributed by atoms with van der Waals surface area (Å²) in [5, 5.41) is 3.63. The molecule has 4 nitrogen and oxygen atoms in total. The van der Waals surface area contributed by atoms with E-state index in [2.05, 4.69) is 20.2 Å². The third-order valence-corrected chi connectivity index (χ3v) is 3.63. The molecule has 0 atom stereocenters. The Morgan fingerprint density at radius 1 is 1.41 bits per heavy atom.